The Morgan fingerprint density at radius 2 is 1.62 bits per heavy atom. The molecule has 1 aliphatic rings. The normalized spacial score (nSPS) is 15.1. The molecule has 1 aromatic heterocycles. The highest BCUT2D eigenvalue weighted by atomic mass is 16.5. The Morgan fingerprint density at radius 1 is 0.833 bits per heavy atom. The van der Waals surface area contributed by atoms with Crippen LogP contribution < -0.4 is 4.74 Å². The van der Waals surface area contributed by atoms with Crippen LogP contribution in [0.25, 0.3) is 21.9 Å². The summed E-state index contributed by atoms with van der Waals surface area (Å²) in [5, 5.41) is 2.24. The molecule has 24 heavy (non-hydrogen) atoms. The lowest BCUT2D eigenvalue weighted by Crippen LogP contribution is -2.24. The number of fused-ring (bicyclic) bond motifs is 6. The zero-order chi connectivity index (χ0) is 16.5. The molecule has 0 bridgehead atoms. The van der Waals surface area contributed by atoms with Gasteiger partial charge in [-0.3, -0.25) is 0 Å². The van der Waals surface area contributed by atoms with Crippen molar-refractivity contribution >= 4 is 21.9 Å². The maximum atomic E-state index is 6.34. The van der Waals surface area contributed by atoms with Crippen LogP contribution >= 0.6 is 0 Å². The maximum Gasteiger partial charge on any atom is 0.178 e. The van der Waals surface area contributed by atoms with E-state index in [1.807, 2.05) is 18.2 Å². The lowest BCUT2D eigenvalue weighted by molar-refractivity contribution is 0.415. The third-order valence-electron chi connectivity index (χ3n) is 5.20. The van der Waals surface area contributed by atoms with Crippen LogP contribution in [0.15, 0.2) is 59.0 Å². The Labute approximate surface area is 140 Å². The summed E-state index contributed by atoms with van der Waals surface area (Å²) in [4.78, 5) is 0. The second-order valence-electron chi connectivity index (χ2n) is 7.14. The van der Waals surface area contributed by atoms with E-state index >= 15 is 0 Å². The van der Waals surface area contributed by atoms with Gasteiger partial charge in [0, 0.05) is 27.3 Å². The topological polar surface area (TPSA) is 22.4 Å². The molecule has 0 amide bonds. The van der Waals surface area contributed by atoms with Crippen molar-refractivity contribution in [1.82, 2.24) is 0 Å². The fraction of sp³-hybridized carbons (Fsp3) is 0.182. The Balaban J connectivity index is 1.87. The predicted molar refractivity (Wildman–Crippen MR) is 97.1 cm³/mol. The van der Waals surface area contributed by atoms with Crippen LogP contribution in [0.1, 0.15) is 30.5 Å². The lowest BCUT2D eigenvalue weighted by atomic mass is 9.75. The van der Waals surface area contributed by atoms with Crippen LogP contribution in [0.3, 0.4) is 0 Å². The molecule has 0 atom stereocenters. The molecule has 118 valence electrons. The third-order valence-corrected chi connectivity index (χ3v) is 5.20. The molecular weight excluding hydrogens is 296 g/mol. The van der Waals surface area contributed by atoms with Gasteiger partial charge in [0.15, 0.2) is 11.3 Å². The van der Waals surface area contributed by atoms with Gasteiger partial charge in [-0.2, -0.15) is 0 Å². The number of aryl methyl sites for hydroxylation is 1. The lowest BCUT2D eigenvalue weighted by Gasteiger charge is -2.34. The fourth-order valence-corrected chi connectivity index (χ4v) is 3.84. The van der Waals surface area contributed by atoms with Gasteiger partial charge in [0.1, 0.15) is 11.3 Å². The molecule has 1 aliphatic heterocycles. The third kappa shape index (κ3) is 1.66. The molecule has 4 aromatic rings. The Morgan fingerprint density at radius 3 is 2.50 bits per heavy atom. The molecule has 5 rings (SSSR count). The van der Waals surface area contributed by atoms with E-state index < -0.39 is 0 Å². The highest BCUT2D eigenvalue weighted by molar-refractivity contribution is 6.07. The van der Waals surface area contributed by atoms with E-state index in [2.05, 4.69) is 57.2 Å². The van der Waals surface area contributed by atoms with E-state index in [1.165, 1.54) is 16.7 Å². The number of furan rings is 1. The van der Waals surface area contributed by atoms with Gasteiger partial charge >= 0.3 is 0 Å². The molecule has 2 heteroatoms. The minimum atomic E-state index is -0.121. The summed E-state index contributed by atoms with van der Waals surface area (Å²) in [5.41, 5.74) is 5.21. The van der Waals surface area contributed by atoms with E-state index in [1.54, 1.807) is 0 Å². The average Bonchev–Trinajstić information content (AvgIpc) is 2.93. The zero-order valence-corrected chi connectivity index (χ0v) is 14.0. The highest BCUT2D eigenvalue weighted by Crippen LogP contribution is 2.51. The van der Waals surface area contributed by atoms with Crippen LogP contribution in [0.4, 0.5) is 0 Å². The second kappa shape index (κ2) is 4.41. The number of rotatable bonds is 0. The molecule has 0 saturated carbocycles. The largest absolute Gasteiger partial charge is 0.453 e. The van der Waals surface area contributed by atoms with Gasteiger partial charge in [-0.15, -0.1) is 0 Å². The number of benzene rings is 3. The summed E-state index contributed by atoms with van der Waals surface area (Å²) in [5.74, 6) is 1.78. The van der Waals surface area contributed by atoms with Crippen LogP contribution in [-0.2, 0) is 5.41 Å². The molecular formula is C22H18O2. The molecule has 0 radical (unpaired) electrons. The summed E-state index contributed by atoms with van der Waals surface area (Å²) in [7, 11) is 0. The van der Waals surface area contributed by atoms with Gasteiger partial charge in [-0.05, 0) is 30.7 Å². The maximum absolute atomic E-state index is 6.34. The summed E-state index contributed by atoms with van der Waals surface area (Å²) in [6.45, 7) is 6.59. The van der Waals surface area contributed by atoms with Gasteiger partial charge in [-0.25, -0.2) is 0 Å². The van der Waals surface area contributed by atoms with Gasteiger partial charge < -0.3 is 9.15 Å². The number of hydrogen-bond acceptors (Lipinski definition) is 2. The predicted octanol–water partition coefficient (Wildman–Crippen LogP) is 6.33. The SMILES string of the molecule is Cc1ccc2c(c1)Oc1c(ccc3c1oc1ccccc13)C2(C)C. The molecule has 2 heterocycles. The quantitative estimate of drug-likeness (QED) is 0.378. The highest BCUT2D eigenvalue weighted by Gasteiger charge is 2.36. The second-order valence-corrected chi connectivity index (χ2v) is 7.14. The Hall–Kier alpha value is -2.74. The summed E-state index contributed by atoms with van der Waals surface area (Å²) in [6.07, 6.45) is 0. The van der Waals surface area contributed by atoms with E-state index in [0.29, 0.717) is 0 Å². The minimum Gasteiger partial charge on any atom is -0.453 e. The molecule has 0 N–H and O–H groups in total. The Kier molecular flexibility index (Phi) is 2.52. The summed E-state index contributed by atoms with van der Waals surface area (Å²) >= 11 is 0. The molecule has 0 spiro atoms. The van der Waals surface area contributed by atoms with Crippen molar-refractivity contribution in [2.75, 3.05) is 0 Å². The first-order chi connectivity index (χ1) is 11.6. The summed E-state index contributed by atoms with van der Waals surface area (Å²) in [6, 6.07) is 18.9. The van der Waals surface area contributed by atoms with Crippen molar-refractivity contribution in [2.24, 2.45) is 0 Å². The molecule has 0 aliphatic carbocycles. The van der Waals surface area contributed by atoms with Crippen LogP contribution in [0.2, 0.25) is 0 Å². The first-order valence-electron chi connectivity index (χ1n) is 8.29. The molecule has 2 nitrogen and oxygen atoms in total. The van der Waals surface area contributed by atoms with Gasteiger partial charge in [-0.1, -0.05) is 50.2 Å². The van der Waals surface area contributed by atoms with Crippen molar-refractivity contribution in [3.8, 4) is 11.5 Å². The number of hydrogen-bond donors (Lipinski definition) is 0. The zero-order valence-electron chi connectivity index (χ0n) is 14.0. The molecule has 0 saturated heterocycles. The molecule has 0 fully saturated rings. The van der Waals surface area contributed by atoms with Crippen molar-refractivity contribution < 1.29 is 9.15 Å². The monoisotopic (exact) mass is 314 g/mol. The van der Waals surface area contributed by atoms with E-state index in [9.17, 15) is 0 Å². The summed E-state index contributed by atoms with van der Waals surface area (Å²) < 4.78 is 12.5. The molecule has 3 aromatic carbocycles. The van der Waals surface area contributed by atoms with Gasteiger partial charge in [0.05, 0.1) is 0 Å². The molecule has 0 unspecified atom stereocenters. The average molecular weight is 314 g/mol. The minimum absolute atomic E-state index is 0.121. The van der Waals surface area contributed by atoms with Gasteiger partial charge in [0.2, 0.25) is 0 Å². The number of para-hydroxylation sites is 1. The van der Waals surface area contributed by atoms with Crippen LogP contribution in [0.5, 0.6) is 11.5 Å². The van der Waals surface area contributed by atoms with E-state index in [4.69, 9.17) is 9.15 Å². The van der Waals surface area contributed by atoms with Crippen molar-refractivity contribution in [3.05, 3.63) is 71.3 Å². The van der Waals surface area contributed by atoms with Crippen molar-refractivity contribution in [1.29, 1.82) is 0 Å². The smallest absolute Gasteiger partial charge is 0.178 e. The van der Waals surface area contributed by atoms with Gasteiger partial charge in [0.25, 0.3) is 0 Å². The number of ether oxygens (including phenoxy) is 1. The standard InChI is InChI=1S/C22H18O2/c1-13-8-10-16-19(12-13)24-21-17(22(16,2)3)11-9-15-14-6-4-5-7-18(14)23-20(15)21/h4-12H,1-3H3. The van der Waals surface area contributed by atoms with Crippen molar-refractivity contribution in [2.45, 2.75) is 26.2 Å². The van der Waals surface area contributed by atoms with Crippen molar-refractivity contribution in [3.63, 3.8) is 0 Å². The fourth-order valence-electron chi connectivity index (χ4n) is 3.84. The van der Waals surface area contributed by atoms with E-state index in [0.717, 1.165) is 33.4 Å². The van der Waals surface area contributed by atoms with Crippen LogP contribution in [-0.4, -0.2) is 0 Å². The first kappa shape index (κ1) is 13.7. The van der Waals surface area contributed by atoms with Crippen LogP contribution in [0, 0.1) is 6.92 Å². The first-order valence-corrected chi connectivity index (χ1v) is 8.29. The Bertz CT molecular complexity index is 1120. The van der Waals surface area contributed by atoms with E-state index in [-0.39, 0.29) is 5.41 Å².